The lowest BCUT2D eigenvalue weighted by atomic mass is 10.2. The summed E-state index contributed by atoms with van der Waals surface area (Å²) in [6, 6.07) is 15.5. The first-order valence-electron chi connectivity index (χ1n) is 7.31. The monoisotopic (exact) mass is 307 g/mol. The lowest BCUT2D eigenvalue weighted by Crippen LogP contribution is -2.10. The van der Waals surface area contributed by atoms with Crippen molar-refractivity contribution in [2.45, 2.75) is 0 Å². The van der Waals surface area contributed by atoms with E-state index in [2.05, 4.69) is 25.6 Å². The smallest absolute Gasteiger partial charge is 0.225 e. The van der Waals surface area contributed by atoms with Gasteiger partial charge in [0.05, 0.1) is 12.3 Å². The van der Waals surface area contributed by atoms with Crippen LogP contribution in [0.3, 0.4) is 0 Å². The summed E-state index contributed by atoms with van der Waals surface area (Å²) in [7, 11) is 0. The van der Waals surface area contributed by atoms with E-state index in [1.165, 1.54) is 0 Å². The molecule has 0 saturated carbocycles. The molecule has 0 aliphatic heterocycles. The normalized spacial score (nSPS) is 10.3. The third kappa shape index (κ3) is 4.02. The molecule has 116 valence electrons. The van der Waals surface area contributed by atoms with Crippen molar-refractivity contribution in [1.82, 2.24) is 15.0 Å². The molecule has 0 amide bonds. The number of para-hydroxylation sites is 1. The summed E-state index contributed by atoms with van der Waals surface area (Å²) >= 11 is 0. The summed E-state index contributed by atoms with van der Waals surface area (Å²) in [5.41, 5.74) is 2.60. The maximum Gasteiger partial charge on any atom is 0.225 e. The van der Waals surface area contributed by atoms with Crippen LogP contribution < -0.4 is 10.6 Å². The molecule has 3 rings (SSSR count). The fourth-order valence-corrected chi connectivity index (χ4v) is 2.09. The number of nitrogens with one attached hydrogen (secondary N) is 2. The highest BCUT2D eigenvalue weighted by atomic mass is 16.3. The minimum absolute atomic E-state index is 0.0158. The summed E-state index contributed by atoms with van der Waals surface area (Å²) in [5, 5.41) is 15.2. The van der Waals surface area contributed by atoms with Crippen LogP contribution in [0.1, 0.15) is 0 Å². The van der Waals surface area contributed by atoms with Crippen molar-refractivity contribution in [3.05, 3.63) is 60.9 Å². The van der Waals surface area contributed by atoms with Gasteiger partial charge < -0.3 is 15.7 Å². The van der Waals surface area contributed by atoms with E-state index in [0.29, 0.717) is 18.3 Å². The fourth-order valence-electron chi connectivity index (χ4n) is 2.09. The molecule has 0 bridgehead atoms. The molecule has 2 aromatic heterocycles. The molecule has 6 heteroatoms. The average Bonchev–Trinajstić information content (AvgIpc) is 2.61. The van der Waals surface area contributed by atoms with Gasteiger partial charge in [-0.2, -0.15) is 4.98 Å². The molecular formula is C17H17N5O. The summed E-state index contributed by atoms with van der Waals surface area (Å²) in [6.45, 7) is 0.406. The van der Waals surface area contributed by atoms with Gasteiger partial charge in [-0.3, -0.25) is 4.98 Å². The minimum Gasteiger partial charge on any atom is -0.395 e. The first kappa shape index (κ1) is 14.9. The Labute approximate surface area is 134 Å². The number of aromatic nitrogens is 3. The van der Waals surface area contributed by atoms with Gasteiger partial charge in [0.2, 0.25) is 5.95 Å². The van der Waals surface area contributed by atoms with Gasteiger partial charge >= 0.3 is 0 Å². The van der Waals surface area contributed by atoms with Crippen LogP contribution >= 0.6 is 0 Å². The molecule has 0 aliphatic carbocycles. The second-order valence-electron chi connectivity index (χ2n) is 4.85. The predicted octanol–water partition coefficient (Wildman–Crippen LogP) is 2.69. The zero-order chi connectivity index (χ0) is 15.9. The number of rotatable bonds is 6. The minimum atomic E-state index is 0.0158. The third-order valence-corrected chi connectivity index (χ3v) is 3.12. The number of benzene rings is 1. The van der Waals surface area contributed by atoms with Crippen molar-refractivity contribution < 1.29 is 5.11 Å². The van der Waals surface area contributed by atoms with Crippen LogP contribution in [0.5, 0.6) is 0 Å². The van der Waals surface area contributed by atoms with Crippen LogP contribution in [0.25, 0.3) is 11.3 Å². The lowest BCUT2D eigenvalue weighted by Gasteiger charge is -2.11. The first-order chi connectivity index (χ1) is 11.3. The highest BCUT2D eigenvalue weighted by molar-refractivity contribution is 5.66. The molecule has 3 N–H and O–H groups in total. The quantitative estimate of drug-likeness (QED) is 0.649. The van der Waals surface area contributed by atoms with Gasteiger partial charge in [-0.25, -0.2) is 4.98 Å². The van der Waals surface area contributed by atoms with E-state index in [9.17, 15) is 0 Å². The number of hydrogen-bond acceptors (Lipinski definition) is 6. The second kappa shape index (κ2) is 7.33. The zero-order valence-electron chi connectivity index (χ0n) is 12.5. The molecule has 23 heavy (non-hydrogen) atoms. The first-order valence-corrected chi connectivity index (χ1v) is 7.31. The molecule has 0 radical (unpaired) electrons. The highest BCUT2D eigenvalue weighted by Gasteiger charge is 2.07. The van der Waals surface area contributed by atoms with E-state index in [1.807, 2.05) is 48.5 Å². The Morgan fingerprint density at radius 3 is 2.61 bits per heavy atom. The molecule has 0 saturated heterocycles. The van der Waals surface area contributed by atoms with Crippen LogP contribution in [0, 0.1) is 0 Å². The van der Waals surface area contributed by atoms with E-state index in [4.69, 9.17) is 5.11 Å². The van der Waals surface area contributed by atoms with Crippen LogP contribution in [-0.2, 0) is 0 Å². The van der Waals surface area contributed by atoms with Crippen LogP contribution in [0.4, 0.5) is 17.5 Å². The van der Waals surface area contributed by atoms with Crippen molar-refractivity contribution in [2.75, 3.05) is 23.8 Å². The predicted molar refractivity (Wildman–Crippen MR) is 90.6 cm³/mol. The zero-order valence-corrected chi connectivity index (χ0v) is 12.5. The van der Waals surface area contributed by atoms with Crippen molar-refractivity contribution in [3.8, 4) is 11.3 Å². The topological polar surface area (TPSA) is 83.0 Å². The van der Waals surface area contributed by atoms with E-state index in [0.717, 1.165) is 16.9 Å². The maximum atomic E-state index is 8.97. The fraction of sp³-hybridized carbons (Fsp3) is 0.118. The number of nitrogens with zero attached hydrogens (tertiary/aromatic N) is 3. The Balaban J connectivity index is 1.94. The summed E-state index contributed by atoms with van der Waals surface area (Å²) in [5.74, 6) is 1.13. The SMILES string of the molecule is OCCNc1nc(Nc2ccccc2)cc(-c2cccnc2)n1. The highest BCUT2D eigenvalue weighted by Crippen LogP contribution is 2.22. The molecule has 1 aromatic carbocycles. The number of pyridine rings is 1. The van der Waals surface area contributed by atoms with Gasteiger partial charge in [-0.15, -0.1) is 0 Å². The molecule has 0 aliphatic rings. The molecule has 0 spiro atoms. The van der Waals surface area contributed by atoms with E-state index in [1.54, 1.807) is 12.4 Å². The maximum absolute atomic E-state index is 8.97. The van der Waals surface area contributed by atoms with Gasteiger partial charge in [-0.1, -0.05) is 18.2 Å². The van der Waals surface area contributed by atoms with Gasteiger partial charge in [0.25, 0.3) is 0 Å². The summed E-state index contributed by atoms with van der Waals surface area (Å²) < 4.78 is 0. The lowest BCUT2D eigenvalue weighted by molar-refractivity contribution is 0.311. The Morgan fingerprint density at radius 2 is 1.87 bits per heavy atom. The summed E-state index contributed by atoms with van der Waals surface area (Å²) in [4.78, 5) is 13.0. The van der Waals surface area contributed by atoms with E-state index < -0.39 is 0 Å². The van der Waals surface area contributed by atoms with Crippen LogP contribution in [0.15, 0.2) is 60.9 Å². The van der Waals surface area contributed by atoms with Gasteiger partial charge in [0, 0.05) is 36.3 Å². The molecule has 2 heterocycles. The molecule has 0 fully saturated rings. The third-order valence-electron chi connectivity index (χ3n) is 3.12. The van der Waals surface area contributed by atoms with E-state index >= 15 is 0 Å². The molecular weight excluding hydrogens is 290 g/mol. The molecule has 6 nitrogen and oxygen atoms in total. The molecule has 3 aromatic rings. The number of aliphatic hydroxyl groups is 1. The van der Waals surface area contributed by atoms with Crippen molar-refractivity contribution in [1.29, 1.82) is 0 Å². The molecule has 0 atom stereocenters. The van der Waals surface area contributed by atoms with Crippen LogP contribution in [-0.4, -0.2) is 33.2 Å². The van der Waals surface area contributed by atoms with Gasteiger partial charge in [0.1, 0.15) is 5.82 Å². The number of hydrogen-bond donors (Lipinski definition) is 3. The Hall–Kier alpha value is -2.99. The van der Waals surface area contributed by atoms with Gasteiger partial charge in [0.15, 0.2) is 0 Å². The molecule has 0 unspecified atom stereocenters. The Kier molecular flexibility index (Phi) is 4.76. The Morgan fingerprint density at radius 1 is 1.00 bits per heavy atom. The Bertz CT molecular complexity index is 749. The summed E-state index contributed by atoms with van der Waals surface area (Å²) in [6.07, 6.45) is 3.48. The number of aliphatic hydroxyl groups excluding tert-OH is 1. The average molecular weight is 307 g/mol. The van der Waals surface area contributed by atoms with Crippen molar-refractivity contribution in [3.63, 3.8) is 0 Å². The second-order valence-corrected chi connectivity index (χ2v) is 4.85. The van der Waals surface area contributed by atoms with Gasteiger partial charge in [-0.05, 0) is 24.3 Å². The van der Waals surface area contributed by atoms with Crippen molar-refractivity contribution >= 4 is 17.5 Å². The number of anilines is 3. The standard InChI is InChI=1S/C17H17N5O/c23-10-9-19-17-21-15(13-5-4-8-18-12-13)11-16(22-17)20-14-6-2-1-3-7-14/h1-8,11-12,23H,9-10H2,(H2,19,20,21,22). The largest absolute Gasteiger partial charge is 0.395 e. The van der Waals surface area contributed by atoms with E-state index in [-0.39, 0.29) is 6.61 Å². The van der Waals surface area contributed by atoms with Crippen molar-refractivity contribution in [2.24, 2.45) is 0 Å². The van der Waals surface area contributed by atoms with Crippen LogP contribution in [0.2, 0.25) is 0 Å².